The molecule has 1 saturated carbocycles. The van der Waals surface area contributed by atoms with Crippen LogP contribution in [0.15, 0.2) is 60.7 Å². The van der Waals surface area contributed by atoms with Crippen LogP contribution in [0.2, 0.25) is 0 Å². The molecular weight excluding hydrogens is 436 g/mol. The van der Waals surface area contributed by atoms with Crippen molar-refractivity contribution in [2.24, 2.45) is 0 Å². The normalized spacial score (nSPS) is 19.9. The molecule has 0 unspecified atom stereocenters. The lowest BCUT2D eigenvalue weighted by Gasteiger charge is -2.48. The van der Waals surface area contributed by atoms with Gasteiger partial charge in [0.2, 0.25) is 5.91 Å². The zero-order valence-electron chi connectivity index (χ0n) is 20.7. The number of hydrogen-bond acceptors (Lipinski definition) is 4. The number of carbonyl (C=O) groups excluding carboxylic acids is 1. The van der Waals surface area contributed by atoms with Gasteiger partial charge in [-0.2, -0.15) is 0 Å². The summed E-state index contributed by atoms with van der Waals surface area (Å²) in [5, 5.41) is 20.2. The van der Waals surface area contributed by atoms with Gasteiger partial charge in [0.25, 0.3) is 0 Å². The molecule has 5 rings (SSSR count). The molecule has 5 nitrogen and oxygen atoms in total. The summed E-state index contributed by atoms with van der Waals surface area (Å²) in [6.45, 7) is 4.07. The Morgan fingerprint density at radius 1 is 1.14 bits per heavy atom. The number of nitrogens with one attached hydrogen (secondary N) is 2. The largest absolute Gasteiger partial charge is 0.487 e. The maximum Gasteiger partial charge on any atom is 0.217 e. The van der Waals surface area contributed by atoms with Crippen LogP contribution in [0.3, 0.4) is 0 Å². The second-order valence-electron chi connectivity index (χ2n) is 10.2. The lowest BCUT2D eigenvalue weighted by molar-refractivity contribution is -0.120. The highest BCUT2D eigenvalue weighted by molar-refractivity contribution is 5.85. The van der Waals surface area contributed by atoms with Gasteiger partial charge >= 0.3 is 0 Å². The summed E-state index contributed by atoms with van der Waals surface area (Å²) in [6, 6.07) is 20.7. The molecule has 3 aromatic carbocycles. The van der Waals surface area contributed by atoms with E-state index in [-0.39, 0.29) is 23.6 Å². The van der Waals surface area contributed by atoms with Crippen molar-refractivity contribution in [1.82, 2.24) is 10.6 Å². The molecule has 1 amide bonds. The molecule has 5 heteroatoms. The Hall–Kier alpha value is -2.89. The monoisotopic (exact) mass is 472 g/mol. The molecule has 1 aliphatic heterocycles. The summed E-state index contributed by atoms with van der Waals surface area (Å²) in [7, 11) is 0. The molecule has 1 fully saturated rings. The van der Waals surface area contributed by atoms with Crippen molar-refractivity contribution >= 4 is 16.7 Å². The van der Waals surface area contributed by atoms with Crippen molar-refractivity contribution in [2.45, 2.75) is 76.2 Å². The van der Waals surface area contributed by atoms with Crippen molar-refractivity contribution in [3.8, 4) is 5.75 Å². The quantitative estimate of drug-likeness (QED) is 0.439. The average molecular weight is 473 g/mol. The number of benzene rings is 3. The average Bonchev–Trinajstić information content (AvgIpc) is 2.85. The van der Waals surface area contributed by atoms with Crippen LogP contribution in [0.5, 0.6) is 5.75 Å². The predicted octanol–water partition coefficient (Wildman–Crippen LogP) is 4.85. The van der Waals surface area contributed by atoms with Crippen LogP contribution in [0.4, 0.5) is 0 Å². The van der Waals surface area contributed by atoms with Gasteiger partial charge in [-0.05, 0) is 60.1 Å². The molecule has 0 radical (unpaired) electrons. The van der Waals surface area contributed by atoms with Crippen LogP contribution in [-0.2, 0) is 17.6 Å². The molecule has 0 aromatic heterocycles. The molecule has 1 heterocycles. The molecule has 3 aromatic rings. The summed E-state index contributed by atoms with van der Waals surface area (Å²) in [4.78, 5) is 12.0. The van der Waals surface area contributed by atoms with Gasteiger partial charge in [0.05, 0.1) is 12.1 Å². The molecule has 3 N–H and O–H groups in total. The Balaban J connectivity index is 1.34. The first-order chi connectivity index (χ1) is 17.0. The molecule has 1 aliphatic carbocycles. The highest BCUT2D eigenvalue weighted by Crippen LogP contribution is 2.49. The fourth-order valence-electron chi connectivity index (χ4n) is 5.66. The summed E-state index contributed by atoms with van der Waals surface area (Å²) in [6.07, 6.45) is 5.09. The first-order valence-electron chi connectivity index (χ1n) is 12.9. The number of ether oxygens (including phenoxy) is 1. The number of aryl methyl sites for hydroxylation is 1. The van der Waals surface area contributed by atoms with E-state index >= 15 is 0 Å². The summed E-state index contributed by atoms with van der Waals surface area (Å²) >= 11 is 0. The van der Waals surface area contributed by atoms with Crippen LogP contribution < -0.4 is 15.4 Å². The van der Waals surface area contributed by atoms with Crippen LogP contribution in [0.25, 0.3) is 10.8 Å². The number of aliphatic hydroxyl groups excluding tert-OH is 1. The van der Waals surface area contributed by atoms with Crippen LogP contribution in [0.1, 0.15) is 62.3 Å². The molecule has 0 bridgehead atoms. The first kappa shape index (κ1) is 23.8. The Bertz CT molecular complexity index is 1200. The smallest absolute Gasteiger partial charge is 0.217 e. The fraction of sp³-hybridized carbons (Fsp3) is 0.433. The van der Waals surface area contributed by atoms with E-state index in [0.717, 1.165) is 47.8 Å². The minimum Gasteiger partial charge on any atom is -0.487 e. The van der Waals surface area contributed by atoms with Crippen LogP contribution >= 0.6 is 0 Å². The zero-order chi connectivity index (χ0) is 24.4. The number of aliphatic hydroxyl groups is 1. The van der Waals surface area contributed by atoms with E-state index in [0.29, 0.717) is 13.0 Å². The highest BCUT2D eigenvalue weighted by atomic mass is 16.5. The van der Waals surface area contributed by atoms with E-state index in [1.165, 1.54) is 24.5 Å². The lowest BCUT2D eigenvalue weighted by atomic mass is 9.72. The number of hydrogen-bond donors (Lipinski definition) is 3. The second kappa shape index (κ2) is 10.00. The number of fused-ring (bicyclic) bond motifs is 2. The predicted molar refractivity (Wildman–Crippen MR) is 140 cm³/mol. The SMILES string of the molecule is CCc1ccc2c(c1)[C@@H](NC[C@@H](O)[C@H](Cc1cccc3ccccc13)NC(C)=O)CC1(CCC1)O2. The van der Waals surface area contributed by atoms with Crippen molar-refractivity contribution in [1.29, 1.82) is 0 Å². The minimum absolute atomic E-state index is 0.0800. The van der Waals surface area contributed by atoms with Gasteiger partial charge in [0, 0.05) is 31.5 Å². The second-order valence-corrected chi connectivity index (χ2v) is 10.2. The zero-order valence-corrected chi connectivity index (χ0v) is 20.7. The molecule has 35 heavy (non-hydrogen) atoms. The molecule has 0 saturated heterocycles. The Kier molecular flexibility index (Phi) is 6.81. The Morgan fingerprint density at radius 2 is 1.94 bits per heavy atom. The molecule has 184 valence electrons. The van der Waals surface area contributed by atoms with Crippen molar-refractivity contribution in [2.75, 3.05) is 6.54 Å². The van der Waals surface area contributed by atoms with Crippen LogP contribution in [0, 0.1) is 0 Å². The summed E-state index contributed by atoms with van der Waals surface area (Å²) < 4.78 is 6.45. The van der Waals surface area contributed by atoms with E-state index in [2.05, 4.69) is 60.0 Å². The van der Waals surface area contributed by atoms with E-state index in [4.69, 9.17) is 4.74 Å². The number of rotatable bonds is 8. The number of carbonyl (C=O) groups is 1. The van der Waals surface area contributed by atoms with Gasteiger partial charge < -0.3 is 20.5 Å². The summed E-state index contributed by atoms with van der Waals surface area (Å²) in [5.41, 5.74) is 3.51. The van der Waals surface area contributed by atoms with Gasteiger partial charge in [-0.1, -0.05) is 61.5 Å². The highest BCUT2D eigenvalue weighted by Gasteiger charge is 2.45. The third-order valence-electron chi connectivity index (χ3n) is 7.77. The first-order valence-corrected chi connectivity index (χ1v) is 12.9. The third kappa shape index (κ3) is 5.07. The van der Waals surface area contributed by atoms with Gasteiger partial charge in [-0.25, -0.2) is 0 Å². The Morgan fingerprint density at radius 3 is 2.69 bits per heavy atom. The maximum atomic E-state index is 12.0. The minimum atomic E-state index is -0.726. The van der Waals surface area contributed by atoms with E-state index in [1.807, 2.05) is 18.2 Å². The maximum absolute atomic E-state index is 12.0. The van der Waals surface area contributed by atoms with Gasteiger partial charge in [-0.3, -0.25) is 4.79 Å². The van der Waals surface area contributed by atoms with Crippen molar-refractivity contribution in [3.63, 3.8) is 0 Å². The van der Waals surface area contributed by atoms with E-state index in [9.17, 15) is 9.90 Å². The Labute approximate surface area is 207 Å². The number of amides is 1. The van der Waals surface area contributed by atoms with Gasteiger partial charge in [0.1, 0.15) is 11.4 Å². The standard InChI is InChI=1S/C30H36N2O3/c1-3-21-12-13-29-25(16-21)27(18-30(35-29)14-7-15-30)31-19-28(34)26(32-20(2)33)17-23-10-6-9-22-8-4-5-11-24(22)23/h4-6,8-13,16,26-28,31,34H,3,7,14-15,17-19H2,1-2H3,(H,32,33)/t26-,27-,28+/m0/s1. The molecule has 2 aliphatic rings. The van der Waals surface area contributed by atoms with E-state index in [1.54, 1.807) is 0 Å². The summed E-state index contributed by atoms with van der Waals surface area (Å²) in [5.74, 6) is 0.834. The van der Waals surface area contributed by atoms with Crippen molar-refractivity contribution in [3.05, 3.63) is 77.4 Å². The van der Waals surface area contributed by atoms with Crippen LogP contribution in [-0.4, -0.2) is 35.3 Å². The molecular formula is C30H36N2O3. The van der Waals surface area contributed by atoms with Gasteiger partial charge in [-0.15, -0.1) is 0 Å². The topological polar surface area (TPSA) is 70.6 Å². The van der Waals surface area contributed by atoms with Gasteiger partial charge in [0.15, 0.2) is 0 Å². The third-order valence-corrected chi connectivity index (χ3v) is 7.77. The lowest BCUT2D eigenvalue weighted by Crippen LogP contribution is -2.52. The molecule has 1 spiro atoms. The van der Waals surface area contributed by atoms with E-state index < -0.39 is 6.10 Å². The fourth-order valence-corrected chi connectivity index (χ4v) is 5.66. The molecule has 3 atom stereocenters. The van der Waals surface area contributed by atoms with Crippen molar-refractivity contribution < 1.29 is 14.6 Å².